The smallest absolute Gasteiger partial charge is 0.311 e. The van der Waals surface area contributed by atoms with Crippen LogP contribution in [0.3, 0.4) is 0 Å². The lowest BCUT2D eigenvalue weighted by atomic mass is 9.44. The van der Waals surface area contributed by atoms with Crippen LogP contribution in [0.15, 0.2) is 24.3 Å². The summed E-state index contributed by atoms with van der Waals surface area (Å²) >= 11 is 5.84. The van der Waals surface area contributed by atoms with Crippen LogP contribution < -0.4 is 0 Å². The summed E-state index contributed by atoms with van der Waals surface area (Å²) in [6.45, 7) is 6.13. The highest BCUT2D eigenvalue weighted by atomic mass is 35.5. The zero-order chi connectivity index (χ0) is 16.1. The highest BCUT2D eigenvalue weighted by Crippen LogP contribution is 2.62. The molecule has 0 unspecified atom stereocenters. The van der Waals surface area contributed by atoms with E-state index in [1.54, 1.807) is 31.2 Å². The van der Waals surface area contributed by atoms with Crippen LogP contribution in [0.1, 0.15) is 39.2 Å². The lowest BCUT2D eigenvalue weighted by molar-refractivity contribution is -0.213. The van der Waals surface area contributed by atoms with Gasteiger partial charge in [-0.15, -0.1) is 0 Å². The first kappa shape index (κ1) is 15.5. The van der Waals surface area contributed by atoms with Crippen molar-refractivity contribution < 1.29 is 14.3 Å². The molecule has 2 bridgehead atoms. The Labute approximate surface area is 136 Å². The van der Waals surface area contributed by atoms with Gasteiger partial charge in [-0.25, -0.2) is 0 Å². The number of carbonyl (C=O) groups is 2. The first-order valence-electron chi connectivity index (χ1n) is 7.73. The van der Waals surface area contributed by atoms with Gasteiger partial charge in [0.1, 0.15) is 0 Å². The Morgan fingerprint density at radius 1 is 1.27 bits per heavy atom. The second kappa shape index (κ2) is 5.09. The monoisotopic (exact) mass is 320 g/mol. The lowest BCUT2D eigenvalue weighted by Crippen LogP contribution is -2.66. The van der Waals surface area contributed by atoms with Gasteiger partial charge in [0.15, 0.2) is 11.4 Å². The standard InChI is InChI=1S/C18H21ClO3/c1-17(2)12-9-14(17)18(3,15(20)10-12)22-16(21)8-11-4-6-13(19)7-5-11/h4-7,12,14H,8-10H2,1-3H3/t12-,14+,18+/m1/s1. The molecule has 0 spiro atoms. The van der Waals surface area contributed by atoms with Crippen molar-refractivity contribution in [1.29, 1.82) is 0 Å². The van der Waals surface area contributed by atoms with Crippen molar-refractivity contribution in [3.63, 3.8) is 0 Å². The van der Waals surface area contributed by atoms with Gasteiger partial charge >= 0.3 is 5.97 Å². The summed E-state index contributed by atoms with van der Waals surface area (Å²) in [7, 11) is 0. The van der Waals surface area contributed by atoms with E-state index in [-0.39, 0.29) is 29.5 Å². The van der Waals surface area contributed by atoms with Crippen LogP contribution in [0.5, 0.6) is 0 Å². The van der Waals surface area contributed by atoms with Gasteiger partial charge in [-0.2, -0.15) is 0 Å². The van der Waals surface area contributed by atoms with Crippen molar-refractivity contribution in [3.05, 3.63) is 34.9 Å². The van der Waals surface area contributed by atoms with Crippen molar-refractivity contribution in [2.45, 2.75) is 45.6 Å². The highest BCUT2D eigenvalue weighted by molar-refractivity contribution is 6.30. The third-order valence-corrected chi connectivity index (χ3v) is 5.96. The molecule has 0 N–H and O–H groups in total. The molecule has 3 fully saturated rings. The number of Topliss-reactive ketones (excluding diaryl/α,β-unsaturated/α-hetero) is 1. The molecular weight excluding hydrogens is 300 g/mol. The van der Waals surface area contributed by atoms with Crippen LogP contribution in [0.4, 0.5) is 0 Å². The molecule has 3 aliphatic carbocycles. The lowest BCUT2D eigenvalue weighted by Gasteiger charge is -2.62. The third-order valence-electron chi connectivity index (χ3n) is 5.71. The van der Waals surface area contributed by atoms with Crippen LogP contribution >= 0.6 is 11.6 Å². The number of benzene rings is 1. The third kappa shape index (κ3) is 2.36. The first-order chi connectivity index (χ1) is 10.2. The van der Waals surface area contributed by atoms with Crippen molar-refractivity contribution in [2.75, 3.05) is 0 Å². The van der Waals surface area contributed by atoms with Gasteiger partial charge in [-0.05, 0) is 42.4 Å². The number of esters is 1. The Kier molecular flexibility index (Phi) is 3.59. The molecular formula is C18H21ClO3. The summed E-state index contributed by atoms with van der Waals surface area (Å²) in [4.78, 5) is 24.7. The van der Waals surface area contributed by atoms with Gasteiger partial charge in [0, 0.05) is 17.4 Å². The van der Waals surface area contributed by atoms with Gasteiger partial charge < -0.3 is 4.74 Å². The van der Waals surface area contributed by atoms with Gasteiger partial charge in [0.25, 0.3) is 0 Å². The Balaban J connectivity index is 1.72. The average Bonchev–Trinajstić information content (AvgIpc) is 2.43. The van der Waals surface area contributed by atoms with E-state index in [0.717, 1.165) is 12.0 Å². The minimum atomic E-state index is -0.970. The predicted octanol–water partition coefficient (Wildman–Crippen LogP) is 3.82. The van der Waals surface area contributed by atoms with Crippen LogP contribution in [-0.2, 0) is 20.7 Å². The number of halogens is 1. The Morgan fingerprint density at radius 2 is 1.91 bits per heavy atom. The van der Waals surface area contributed by atoms with Gasteiger partial charge in [0.2, 0.25) is 0 Å². The molecule has 0 aliphatic heterocycles. The van der Waals surface area contributed by atoms with Crippen molar-refractivity contribution in [1.82, 2.24) is 0 Å². The zero-order valence-corrected chi connectivity index (χ0v) is 13.9. The number of carbonyl (C=O) groups excluding carboxylic acids is 2. The number of rotatable bonds is 3. The van der Waals surface area contributed by atoms with E-state index in [0.29, 0.717) is 17.4 Å². The largest absolute Gasteiger partial charge is 0.451 e. The molecule has 0 heterocycles. The van der Waals surface area contributed by atoms with Crippen LogP contribution in [0.25, 0.3) is 0 Å². The molecule has 4 rings (SSSR count). The minimum absolute atomic E-state index is 0.0672. The maximum absolute atomic E-state index is 12.4. The van der Waals surface area contributed by atoms with Crippen molar-refractivity contribution >= 4 is 23.4 Å². The van der Waals surface area contributed by atoms with E-state index in [9.17, 15) is 9.59 Å². The fourth-order valence-corrected chi connectivity index (χ4v) is 4.21. The molecule has 118 valence electrons. The summed E-state index contributed by atoms with van der Waals surface area (Å²) < 4.78 is 5.69. The van der Waals surface area contributed by atoms with E-state index in [2.05, 4.69) is 13.8 Å². The van der Waals surface area contributed by atoms with E-state index in [1.807, 2.05) is 0 Å². The Morgan fingerprint density at radius 3 is 2.50 bits per heavy atom. The molecule has 3 nitrogen and oxygen atoms in total. The summed E-state index contributed by atoms with van der Waals surface area (Å²) in [6, 6.07) is 7.10. The van der Waals surface area contributed by atoms with Gasteiger partial charge in [0.05, 0.1) is 6.42 Å². The summed E-state index contributed by atoms with van der Waals surface area (Å²) in [5.41, 5.74) is -0.0580. The van der Waals surface area contributed by atoms with E-state index < -0.39 is 5.60 Å². The second-order valence-electron chi connectivity index (χ2n) is 7.32. The van der Waals surface area contributed by atoms with E-state index in [1.165, 1.54) is 0 Å². The number of ketones is 1. The molecule has 0 aromatic heterocycles. The SMILES string of the molecule is CC1(C)[C@H]2CC(=O)[C@@](C)(OC(=O)Cc3ccc(Cl)cc3)[C@H]1C2. The van der Waals surface area contributed by atoms with Crippen LogP contribution in [0, 0.1) is 17.3 Å². The normalized spacial score (nSPS) is 32.3. The zero-order valence-electron chi connectivity index (χ0n) is 13.2. The molecule has 0 amide bonds. The number of ether oxygens (including phenoxy) is 1. The molecule has 1 aromatic rings. The number of fused-ring (bicyclic) bond motifs is 2. The van der Waals surface area contributed by atoms with E-state index in [4.69, 9.17) is 16.3 Å². The summed E-state index contributed by atoms with van der Waals surface area (Å²) in [5, 5.41) is 0.633. The summed E-state index contributed by atoms with van der Waals surface area (Å²) in [6.07, 6.45) is 1.66. The quantitative estimate of drug-likeness (QED) is 0.795. The fraction of sp³-hybridized carbons (Fsp3) is 0.556. The predicted molar refractivity (Wildman–Crippen MR) is 84.7 cm³/mol. The topological polar surface area (TPSA) is 43.4 Å². The molecule has 3 aliphatic rings. The molecule has 22 heavy (non-hydrogen) atoms. The molecule has 1 aromatic carbocycles. The minimum Gasteiger partial charge on any atom is -0.451 e. The molecule has 0 radical (unpaired) electrons. The maximum atomic E-state index is 12.4. The number of hydrogen-bond acceptors (Lipinski definition) is 3. The first-order valence-corrected chi connectivity index (χ1v) is 8.11. The Bertz CT molecular complexity index is 620. The highest BCUT2D eigenvalue weighted by Gasteiger charge is 2.65. The molecule has 0 saturated heterocycles. The molecule has 3 saturated carbocycles. The fourth-order valence-electron chi connectivity index (χ4n) is 4.09. The van der Waals surface area contributed by atoms with E-state index >= 15 is 0 Å². The van der Waals surface area contributed by atoms with Crippen LogP contribution in [0.2, 0.25) is 5.02 Å². The number of hydrogen-bond donors (Lipinski definition) is 0. The average molecular weight is 321 g/mol. The molecule has 4 heteroatoms. The second-order valence-corrected chi connectivity index (χ2v) is 7.75. The van der Waals surface area contributed by atoms with Gasteiger partial charge in [-0.3, -0.25) is 9.59 Å². The Hall–Kier alpha value is -1.35. The molecule has 3 atom stereocenters. The van der Waals surface area contributed by atoms with Crippen molar-refractivity contribution in [2.24, 2.45) is 17.3 Å². The van der Waals surface area contributed by atoms with Crippen LogP contribution in [-0.4, -0.2) is 17.4 Å². The maximum Gasteiger partial charge on any atom is 0.311 e. The summed E-state index contributed by atoms with van der Waals surface area (Å²) in [5.74, 6) is 0.283. The van der Waals surface area contributed by atoms with Gasteiger partial charge in [-0.1, -0.05) is 37.6 Å². The van der Waals surface area contributed by atoms with Crippen molar-refractivity contribution in [3.8, 4) is 0 Å².